The van der Waals surface area contributed by atoms with Gasteiger partial charge in [0.15, 0.2) is 5.65 Å². The van der Waals surface area contributed by atoms with Gasteiger partial charge in [0, 0.05) is 12.7 Å². The molecule has 0 spiro atoms. The average molecular weight is 333 g/mol. The Kier molecular flexibility index (Phi) is 4.24. The van der Waals surface area contributed by atoms with Crippen LogP contribution >= 0.6 is 0 Å². The largest absolute Gasteiger partial charge is 0.345 e. The lowest BCUT2D eigenvalue weighted by molar-refractivity contribution is 0.0941. The molecule has 3 aromatic rings. The molecule has 2 aromatic heterocycles. The van der Waals surface area contributed by atoms with E-state index in [1.165, 1.54) is 0 Å². The van der Waals surface area contributed by atoms with Gasteiger partial charge in [-0.2, -0.15) is 10.4 Å². The lowest BCUT2D eigenvalue weighted by atomic mass is 10.0. The summed E-state index contributed by atoms with van der Waals surface area (Å²) in [7, 11) is 1.82. The first-order chi connectivity index (χ1) is 11.9. The minimum absolute atomic E-state index is 0.163. The molecule has 1 N–H and O–H groups in total. The summed E-state index contributed by atoms with van der Waals surface area (Å²) >= 11 is 0. The maximum atomic E-state index is 12.9. The predicted octanol–water partition coefficient (Wildman–Crippen LogP) is 2.95. The fourth-order valence-electron chi connectivity index (χ4n) is 2.95. The van der Waals surface area contributed by atoms with Crippen LogP contribution in [0.4, 0.5) is 0 Å². The summed E-state index contributed by atoms with van der Waals surface area (Å²) in [6.45, 7) is 5.66. The third-order valence-corrected chi connectivity index (χ3v) is 4.23. The first-order valence-corrected chi connectivity index (χ1v) is 8.02. The number of rotatable bonds is 3. The van der Waals surface area contributed by atoms with Crippen molar-refractivity contribution < 1.29 is 4.79 Å². The Morgan fingerprint density at radius 1 is 1.28 bits per heavy atom. The van der Waals surface area contributed by atoms with Crippen LogP contribution in [0.2, 0.25) is 0 Å². The normalized spacial score (nSPS) is 12.0. The predicted molar refractivity (Wildman–Crippen MR) is 95.0 cm³/mol. The van der Waals surface area contributed by atoms with Gasteiger partial charge in [0.1, 0.15) is 0 Å². The lowest BCUT2D eigenvalue weighted by Crippen LogP contribution is -2.27. The van der Waals surface area contributed by atoms with Crippen molar-refractivity contribution in [2.24, 2.45) is 7.05 Å². The van der Waals surface area contributed by atoms with Crippen molar-refractivity contribution in [3.63, 3.8) is 0 Å². The van der Waals surface area contributed by atoms with E-state index in [4.69, 9.17) is 5.26 Å². The molecule has 1 unspecified atom stereocenters. The lowest BCUT2D eigenvalue weighted by Gasteiger charge is -2.15. The van der Waals surface area contributed by atoms with Crippen LogP contribution in [-0.2, 0) is 7.05 Å². The highest BCUT2D eigenvalue weighted by molar-refractivity contribution is 6.06. The number of nitrogens with one attached hydrogen (secondary N) is 1. The smallest absolute Gasteiger partial charge is 0.252 e. The number of hydrogen-bond donors (Lipinski definition) is 1. The number of fused-ring (bicyclic) bond motifs is 1. The molecule has 25 heavy (non-hydrogen) atoms. The zero-order chi connectivity index (χ0) is 18.1. The monoisotopic (exact) mass is 333 g/mol. The van der Waals surface area contributed by atoms with Crippen molar-refractivity contribution in [1.29, 1.82) is 5.26 Å². The van der Waals surface area contributed by atoms with Crippen LogP contribution in [0.15, 0.2) is 30.3 Å². The van der Waals surface area contributed by atoms with Crippen molar-refractivity contribution in [2.75, 3.05) is 0 Å². The van der Waals surface area contributed by atoms with Crippen molar-refractivity contribution in [2.45, 2.75) is 26.8 Å². The van der Waals surface area contributed by atoms with Crippen molar-refractivity contribution in [3.8, 4) is 6.07 Å². The number of amides is 1. The highest BCUT2D eigenvalue weighted by atomic mass is 16.1. The summed E-state index contributed by atoms with van der Waals surface area (Å²) in [5.41, 5.74) is 4.37. The van der Waals surface area contributed by atoms with Gasteiger partial charge in [0.05, 0.1) is 34.3 Å². The number of nitriles is 1. The summed E-state index contributed by atoms with van der Waals surface area (Å²) in [5.74, 6) is -0.163. The number of hydrogen-bond acceptors (Lipinski definition) is 4. The summed E-state index contributed by atoms with van der Waals surface area (Å²) in [5, 5.41) is 17.1. The maximum absolute atomic E-state index is 12.9. The minimum atomic E-state index is -0.180. The molecule has 0 saturated carbocycles. The fourth-order valence-corrected chi connectivity index (χ4v) is 2.95. The van der Waals surface area contributed by atoms with Gasteiger partial charge in [-0.15, -0.1) is 0 Å². The quantitative estimate of drug-likeness (QED) is 0.799. The van der Waals surface area contributed by atoms with E-state index in [-0.39, 0.29) is 11.9 Å². The van der Waals surface area contributed by atoms with Crippen molar-refractivity contribution >= 4 is 16.9 Å². The molecule has 0 bridgehead atoms. The van der Waals surface area contributed by atoms with Crippen LogP contribution in [-0.4, -0.2) is 20.7 Å². The van der Waals surface area contributed by atoms with Crippen LogP contribution in [0.25, 0.3) is 11.0 Å². The Morgan fingerprint density at radius 2 is 1.96 bits per heavy atom. The Balaban J connectivity index is 1.93. The molecule has 3 rings (SSSR count). The molecule has 2 heterocycles. The average Bonchev–Trinajstić information content (AvgIpc) is 2.88. The zero-order valence-electron chi connectivity index (χ0n) is 14.7. The second-order valence-electron chi connectivity index (χ2n) is 6.15. The molecular formula is C19H19N5O. The second-order valence-corrected chi connectivity index (χ2v) is 6.15. The number of pyridine rings is 1. The van der Waals surface area contributed by atoms with Crippen LogP contribution in [0, 0.1) is 25.2 Å². The molecule has 6 nitrogen and oxygen atoms in total. The van der Waals surface area contributed by atoms with E-state index in [0.29, 0.717) is 16.8 Å². The number of aryl methyl sites for hydroxylation is 3. The SMILES string of the molecule is Cc1cc(C(=O)NC(C)c2ccc(C#N)cc2)c2c(C)nn(C)c2n1. The van der Waals surface area contributed by atoms with Crippen molar-refractivity contribution in [3.05, 3.63) is 58.4 Å². The molecule has 126 valence electrons. The number of carbonyl (C=O) groups excluding carboxylic acids is 1. The Labute approximate surface area is 146 Å². The van der Waals surface area contributed by atoms with E-state index in [2.05, 4.69) is 21.5 Å². The number of benzene rings is 1. The van der Waals surface area contributed by atoms with E-state index in [9.17, 15) is 4.79 Å². The van der Waals surface area contributed by atoms with Gasteiger partial charge in [-0.25, -0.2) is 4.98 Å². The first-order valence-electron chi connectivity index (χ1n) is 8.02. The minimum Gasteiger partial charge on any atom is -0.345 e. The third kappa shape index (κ3) is 3.09. The van der Waals surface area contributed by atoms with E-state index < -0.39 is 0 Å². The summed E-state index contributed by atoms with van der Waals surface area (Å²) < 4.78 is 1.69. The molecule has 0 fully saturated rings. The molecule has 0 radical (unpaired) electrons. The molecule has 0 aliphatic heterocycles. The Bertz CT molecular complexity index is 995. The number of carbonyl (C=O) groups is 1. The van der Waals surface area contributed by atoms with Gasteiger partial charge in [-0.1, -0.05) is 12.1 Å². The second kappa shape index (κ2) is 6.36. The zero-order valence-corrected chi connectivity index (χ0v) is 14.7. The van der Waals surface area contributed by atoms with Gasteiger partial charge < -0.3 is 5.32 Å². The van der Waals surface area contributed by atoms with Crippen LogP contribution in [0.5, 0.6) is 0 Å². The van der Waals surface area contributed by atoms with E-state index in [1.54, 1.807) is 22.9 Å². The molecule has 0 saturated heterocycles. The molecule has 0 aliphatic carbocycles. The van der Waals surface area contributed by atoms with Crippen LogP contribution in [0.3, 0.4) is 0 Å². The van der Waals surface area contributed by atoms with Crippen LogP contribution < -0.4 is 5.32 Å². The van der Waals surface area contributed by atoms with Gasteiger partial charge in [0.2, 0.25) is 0 Å². The third-order valence-electron chi connectivity index (χ3n) is 4.23. The van der Waals surface area contributed by atoms with E-state index in [1.807, 2.05) is 40.0 Å². The molecule has 6 heteroatoms. The Hall–Kier alpha value is -3.20. The molecule has 0 aliphatic rings. The van der Waals surface area contributed by atoms with Crippen molar-refractivity contribution in [1.82, 2.24) is 20.1 Å². The van der Waals surface area contributed by atoms with Gasteiger partial charge >= 0.3 is 0 Å². The van der Waals surface area contributed by atoms with Crippen LogP contribution in [0.1, 0.15) is 45.8 Å². The summed E-state index contributed by atoms with van der Waals surface area (Å²) in [6.07, 6.45) is 0. The molecule has 1 atom stereocenters. The molecule has 1 amide bonds. The van der Waals surface area contributed by atoms with Gasteiger partial charge in [-0.3, -0.25) is 9.48 Å². The summed E-state index contributed by atoms with van der Waals surface area (Å²) in [4.78, 5) is 17.3. The highest BCUT2D eigenvalue weighted by Gasteiger charge is 2.19. The fraction of sp³-hybridized carbons (Fsp3) is 0.263. The Morgan fingerprint density at radius 3 is 2.60 bits per heavy atom. The number of nitrogens with zero attached hydrogens (tertiary/aromatic N) is 4. The van der Waals surface area contributed by atoms with E-state index in [0.717, 1.165) is 22.3 Å². The van der Waals surface area contributed by atoms with Gasteiger partial charge in [0.25, 0.3) is 5.91 Å². The molecular weight excluding hydrogens is 314 g/mol. The first kappa shape index (κ1) is 16.7. The maximum Gasteiger partial charge on any atom is 0.252 e. The standard InChI is InChI=1S/C19H19N5O/c1-11-9-16(17-13(3)23-24(4)18(17)21-11)19(25)22-12(2)15-7-5-14(10-20)6-8-15/h5-9,12H,1-4H3,(H,22,25). The summed E-state index contributed by atoms with van der Waals surface area (Å²) in [6, 6.07) is 10.9. The number of aromatic nitrogens is 3. The van der Waals surface area contributed by atoms with Gasteiger partial charge in [-0.05, 0) is 44.5 Å². The molecule has 1 aromatic carbocycles. The highest BCUT2D eigenvalue weighted by Crippen LogP contribution is 2.22. The topological polar surface area (TPSA) is 83.6 Å². The van der Waals surface area contributed by atoms with E-state index >= 15 is 0 Å².